The third-order valence-electron chi connectivity index (χ3n) is 3.59. The number of benzene rings is 1. The molecular weight excluding hydrogens is 322 g/mol. The second kappa shape index (κ2) is 7.38. The van der Waals surface area contributed by atoms with Gasteiger partial charge in [-0.3, -0.25) is 14.3 Å². The number of carboxylic acids is 1. The zero-order valence-corrected chi connectivity index (χ0v) is 14.8. The standard InChI is InChI=1S/C18H23N3O4/c1-12(25-14-7-5-13(6-8-14)18(2,3)4)17(24)19-15-9-10-21(20-15)11-16(22)23/h5-10,12H,11H2,1-4H3,(H,22,23)(H,19,20,24). The average molecular weight is 345 g/mol. The summed E-state index contributed by atoms with van der Waals surface area (Å²) >= 11 is 0. The molecule has 7 nitrogen and oxygen atoms in total. The van der Waals surface area contributed by atoms with E-state index >= 15 is 0 Å². The van der Waals surface area contributed by atoms with Crippen molar-refractivity contribution < 1.29 is 19.4 Å². The number of amides is 1. The van der Waals surface area contributed by atoms with Crippen molar-refractivity contribution in [3.63, 3.8) is 0 Å². The molecule has 0 saturated carbocycles. The van der Waals surface area contributed by atoms with E-state index in [1.807, 2.05) is 24.3 Å². The van der Waals surface area contributed by atoms with Crippen LogP contribution in [0, 0.1) is 0 Å². The van der Waals surface area contributed by atoms with Crippen LogP contribution in [-0.2, 0) is 21.5 Å². The molecule has 2 N–H and O–H groups in total. The average Bonchev–Trinajstić information content (AvgIpc) is 2.93. The van der Waals surface area contributed by atoms with E-state index in [1.165, 1.54) is 22.5 Å². The molecule has 2 rings (SSSR count). The lowest BCUT2D eigenvalue weighted by molar-refractivity contribution is -0.137. The first-order chi connectivity index (χ1) is 11.6. The van der Waals surface area contributed by atoms with E-state index in [9.17, 15) is 9.59 Å². The van der Waals surface area contributed by atoms with E-state index in [4.69, 9.17) is 9.84 Å². The Hall–Kier alpha value is -2.83. The Morgan fingerprint density at radius 2 is 1.88 bits per heavy atom. The summed E-state index contributed by atoms with van der Waals surface area (Å²) in [5, 5.41) is 15.3. The molecule has 1 amide bonds. The highest BCUT2D eigenvalue weighted by Gasteiger charge is 2.17. The molecule has 1 aromatic heterocycles. The lowest BCUT2D eigenvalue weighted by Gasteiger charge is -2.20. The third kappa shape index (κ3) is 5.34. The SMILES string of the molecule is CC(Oc1ccc(C(C)(C)C)cc1)C(=O)Nc1ccn(CC(=O)O)n1. The van der Waals surface area contributed by atoms with Gasteiger partial charge >= 0.3 is 5.97 Å². The topological polar surface area (TPSA) is 93.5 Å². The number of aromatic nitrogens is 2. The van der Waals surface area contributed by atoms with Crippen LogP contribution in [0.2, 0.25) is 0 Å². The van der Waals surface area contributed by atoms with Gasteiger partial charge in [0.15, 0.2) is 11.9 Å². The molecule has 1 unspecified atom stereocenters. The van der Waals surface area contributed by atoms with E-state index < -0.39 is 12.1 Å². The van der Waals surface area contributed by atoms with Crippen LogP contribution in [0.1, 0.15) is 33.3 Å². The van der Waals surface area contributed by atoms with Crippen molar-refractivity contribution >= 4 is 17.7 Å². The summed E-state index contributed by atoms with van der Waals surface area (Å²) in [6.45, 7) is 7.76. The summed E-state index contributed by atoms with van der Waals surface area (Å²) in [5.41, 5.74) is 1.23. The molecule has 0 fully saturated rings. The van der Waals surface area contributed by atoms with Gasteiger partial charge in [-0.1, -0.05) is 32.9 Å². The predicted octanol–water partition coefficient (Wildman–Crippen LogP) is 2.67. The molecule has 1 atom stereocenters. The number of rotatable bonds is 6. The summed E-state index contributed by atoms with van der Waals surface area (Å²) in [6.07, 6.45) is 0.769. The number of carboxylic acid groups (broad SMARTS) is 1. The fourth-order valence-corrected chi connectivity index (χ4v) is 2.17. The van der Waals surface area contributed by atoms with Gasteiger partial charge in [-0.2, -0.15) is 5.10 Å². The third-order valence-corrected chi connectivity index (χ3v) is 3.59. The Kier molecular flexibility index (Phi) is 5.46. The predicted molar refractivity (Wildman–Crippen MR) is 93.7 cm³/mol. The van der Waals surface area contributed by atoms with Crippen molar-refractivity contribution in [3.05, 3.63) is 42.1 Å². The van der Waals surface area contributed by atoms with Gasteiger partial charge in [0.1, 0.15) is 12.3 Å². The summed E-state index contributed by atoms with van der Waals surface area (Å²) in [5.74, 6) is -0.478. The minimum atomic E-state index is -1.00. The van der Waals surface area contributed by atoms with Gasteiger partial charge in [0.05, 0.1) is 0 Å². The molecule has 1 aromatic carbocycles. The van der Waals surface area contributed by atoms with E-state index in [2.05, 4.69) is 31.2 Å². The Labute approximate surface area is 146 Å². The van der Waals surface area contributed by atoms with Crippen molar-refractivity contribution in [1.29, 1.82) is 0 Å². The maximum Gasteiger partial charge on any atom is 0.325 e. The Morgan fingerprint density at radius 3 is 2.44 bits per heavy atom. The van der Waals surface area contributed by atoms with Crippen LogP contribution < -0.4 is 10.1 Å². The zero-order valence-electron chi connectivity index (χ0n) is 14.8. The first-order valence-electron chi connectivity index (χ1n) is 7.98. The molecule has 134 valence electrons. The van der Waals surface area contributed by atoms with Crippen LogP contribution in [0.25, 0.3) is 0 Å². The van der Waals surface area contributed by atoms with E-state index in [0.29, 0.717) is 5.75 Å². The number of anilines is 1. The highest BCUT2D eigenvalue weighted by atomic mass is 16.5. The fourth-order valence-electron chi connectivity index (χ4n) is 2.17. The summed E-state index contributed by atoms with van der Waals surface area (Å²) in [4.78, 5) is 22.8. The van der Waals surface area contributed by atoms with Gasteiger partial charge in [0.25, 0.3) is 5.91 Å². The quantitative estimate of drug-likeness (QED) is 0.839. The van der Waals surface area contributed by atoms with Crippen molar-refractivity contribution in [2.24, 2.45) is 0 Å². The zero-order chi connectivity index (χ0) is 18.6. The number of aliphatic carboxylic acids is 1. The summed E-state index contributed by atoms with van der Waals surface area (Å²) < 4.78 is 6.88. The molecular formula is C18H23N3O4. The lowest BCUT2D eigenvalue weighted by Crippen LogP contribution is -2.30. The molecule has 1 heterocycles. The molecule has 0 aliphatic carbocycles. The second-order valence-corrected chi connectivity index (χ2v) is 6.82. The van der Waals surface area contributed by atoms with Crippen molar-refractivity contribution in [1.82, 2.24) is 9.78 Å². The molecule has 0 saturated heterocycles. The minimum absolute atomic E-state index is 0.0519. The molecule has 0 radical (unpaired) electrons. The first kappa shape index (κ1) is 18.5. The van der Waals surface area contributed by atoms with Crippen LogP contribution >= 0.6 is 0 Å². The molecule has 0 aliphatic rings. The van der Waals surface area contributed by atoms with Crippen LogP contribution in [0.4, 0.5) is 5.82 Å². The van der Waals surface area contributed by atoms with Crippen LogP contribution in [-0.4, -0.2) is 32.9 Å². The molecule has 0 aliphatic heterocycles. The first-order valence-corrected chi connectivity index (χ1v) is 7.98. The van der Waals surface area contributed by atoms with Crippen LogP contribution in [0.5, 0.6) is 5.75 Å². The number of nitrogens with one attached hydrogen (secondary N) is 1. The highest BCUT2D eigenvalue weighted by molar-refractivity contribution is 5.93. The van der Waals surface area contributed by atoms with E-state index in [1.54, 1.807) is 6.92 Å². The largest absolute Gasteiger partial charge is 0.481 e. The minimum Gasteiger partial charge on any atom is -0.481 e. The van der Waals surface area contributed by atoms with Gasteiger partial charge in [0, 0.05) is 12.3 Å². The molecule has 25 heavy (non-hydrogen) atoms. The molecule has 0 spiro atoms. The Morgan fingerprint density at radius 1 is 1.24 bits per heavy atom. The monoisotopic (exact) mass is 345 g/mol. The molecule has 2 aromatic rings. The number of carbonyl (C=O) groups is 2. The highest BCUT2D eigenvalue weighted by Crippen LogP contribution is 2.24. The van der Waals surface area contributed by atoms with Gasteiger partial charge in [-0.25, -0.2) is 0 Å². The smallest absolute Gasteiger partial charge is 0.325 e. The number of hydrogen-bond acceptors (Lipinski definition) is 4. The molecule has 7 heteroatoms. The number of ether oxygens (including phenoxy) is 1. The summed E-state index contributed by atoms with van der Waals surface area (Å²) in [7, 11) is 0. The number of hydrogen-bond donors (Lipinski definition) is 2. The number of carbonyl (C=O) groups excluding carboxylic acids is 1. The van der Waals surface area contributed by atoms with Crippen LogP contribution in [0.15, 0.2) is 36.5 Å². The molecule has 0 bridgehead atoms. The Bertz CT molecular complexity index is 744. The van der Waals surface area contributed by atoms with Crippen molar-refractivity contribution in [3.8, 4) is 5.75 Å². The van der Waals surface area contributed by atoms with E-state index in [-0.39, 0.29) is 23.7 Å². The number of nitrogens with zero attached hydrogens (tertiary/aromatic N) is 2. The maximum atomic E-state index is 12.2. The van der Waals surface area contributed by atoms with Gasteiger partial charge in [0.2, 0.25) is 0 Å². The fraction of sp³-hybridized carbons (Fsp3) is 0.389. The van der Waals surface area contributed by atoms with Gasteiger partial charge in [-0.15, -0.1) is 0 Å². The van der Waals surface area contributed by atoms with Crippen molar-refractivity contribution in [2.45, 2.75) is 45.8 Å². The van der Waals surface area contributed by atoms with E-state index in [0.717, 1.165) is 0 Å². The summed E-state index contributed by atoms with van der Waals surface area (Å²) in [6, 6.07) is 9.17. The lowest BCUT2D eigenvalue weighted by atomic mass is 9.87. The normalized spacial score (nSPS) is 12.5. The second-order valence-electron chi connectivity index (χ2n) is 6.82. The maximum absolute atomic E-state index is 12.2. The van der Waals surface area contributed by atoms with Gasteiger partial charge < -0.3 is 15.2 Å². The van der Waals surface area contributed by atoms with Crippen molar-refractivity contribution in [2.75, 3.05) is 5.32 Å². The van der Waals surface area contributed by atoms with Crippen LogP contribution in [0.3, 0.4) is 0 Å². The Balaban J connectivity index is 1.93. The van der Waals surface area contributed by atoms with Gasteiger partial charge in [-0.05, 0) is 30.0 Å².